The first-order valence-electron chi connectivity index (χ1n) is 6.72. The van der Waals surface area contributed by atoms with Crippen molar-refractivity contribution in [3.63, 3.8) is 0 Å². The molecule has 1 nitrogen and oxygen atoms in total. The Bertz CT molecular complexity index is 366. The molecule has 0 spiro atoms. The van der Waals surface area contributed by atoms with Crippen LogP contribution in [0, 0.1) is 5.82 Å². The van der Waals surface area contributed by atoms with E-state index in [1.54, 1.807) is 6.07 Å². The zero-order valence-electron chi connectivity index (χ0n) is 11.5. The minimum Gasteiger partial charge on any atom is -0.297 e. The lowest BCUT2D eigenvalue weighted by molar-refractivity contribution is 0.208. The number of halogens is 2. The highest BCUT2D eigenvalue weighted by Crippen LogP contribution is 2.21. The van der Waals surface area contributed by atoms with Gasteiger partial charge in [0.15, 0.2) is 0 Å². The zero-order chi connectivity index (χ0) is 13.5. The summed E-state index contributed by atoms with van der Waals surface area (Å²) in [5.41, 5.74) is 1.15. The number of hydrogen-bond donors (Lipinski definition) is 0. The third kappa shape index (κ3) is 5.07. The van der Waals surface area contributed by atoms with Crippen LogP contribution in [-0.2, 0) is 6.54 Å². The molecule has 0 unspecified atom stereocenters. The number of hydrogen-bond acceptors (Lipinski definition) is 1. The second kappa shape index (κ2) is 7.90. The lowest BCUT2D eigenvalue weighted by Gasteiger charge is -2.27. The third-order valence-electron chi connectivity index (χ3n) is 3.17. The van der Waals surface area contributed by atoms with Gasteiger partial charge in [0.1, 0.15) is 5.82 Å². The van der Waals surface area contributed by atoms with Crippen molar-refractivity contribution in [1.29, 1.82) is 0 Å². The maximum absolute atomic E-state index is 13.0. The van der Waals surface area contributed by atoms with E-state index < -0.39 is 0 Å². The molecular weight excluding hydrogens is 293 g/mol. The summed E-state index contributed by atoms with van der Waals surface area (Å²) in [7, 11) is 0. The Morgan fingerprint density at radius 3 is 2.56 bits per heavy atom. The molecule has 1 rings (SSSR count). The van der Waals surface area contributed by atoms with Crippen molar-refractivity contribution >= 4 is 15.9 Å². The molecule has 0 atom stereocenters. The number of benzene rings is 1. The van der Waals surface area contributed by atoms with Crippen LogP contribution in [0.25, 0.3) is 0 Å². The summed E-state index contributed by atoms with van der Waals surface area (Å²) in [4.78, 5) is 2.44. The summed E-state index contributed by atoms with van der Waals surface area (Å²) in [6, 6.07) is 5.46. The second-order valence-corrected chi connectivity index (χ2v) is 5.86. The highest BCUT2D eigenvalue weighted by Gasteiger charge is 2.11. The first kappa shape index (κ1) is 15.6. The van der Waals surface area contributed by atoms with Gasteiger partial charge in [0.2, 0.25) is 0 Å². The van der Waals surface area contributed by atoms with Crippen molar-refractivity contribution in [3.05, 3.63) is 34.1 Å². The van der Waals surface area contributed by atoms with Crippen LogP contribution < -0.4 is 0 Å². The van der Waals surface area contributed by atoms with Gasteiger partial charge in [-0.25, -0.2) is 4.39 Å². The van der Waals surface area contributed by atoms with E-state index in [4.69, 9.17) is 0 Å². The van der Waals surface area contributed by atoms with E-state index in [1.807, 2.05) is 6.07 Å². The summed E-state index contributed by atoms with van der Waals surface area (Å²) >= 11 is 3.44. The highest BCUT2D eigenvalue weighted by atomic mass is 79.9. The average Bonchev–Trinajstić information content (AvgIpc) is 2.30. The molecule has 0 saturated carbocycles. The molecule has 0 saturated heterocycles. The van der Waals surface area contributed by atoms with Gasteiger partial charge in [0.05, 0.1) is 0 Å². The number of unbranched alkanes of at least 4 members (excludes halogenated alkanes) is 2. The minimum absolute atomic E-state index is 0.187. The molecule has 1 aromatic carbocycles. The van der Waals surface area contributed by atoms with Crippen molar-refractivity contribution in [3.8, 4) is 0 Å². The molecule has 102 valence electrons. The highest BCUT2D eigenvalue weighted by molar-refractivity contribution is 9.10. The summed E-state index contributed by atoms with van der Waals surface area (Å²) in [5, 5.41) is 0. The first-order valence-corrected chi connectivity index (χ1v) is 7.52. The van der Waals surface area contributed by atoms with Gasteiger partial charge >= 0.3 is 0 Å². The molecule has 0 amide bonds. The van der Waals surface area contributed by atoms with E-state index in [0.717, 1.165) is 23.1 Å². The smallest absolute Gasteiger partial charge is 0.124 e. The quantitative estimate of drug-likeness (QED) is 0.641. The fourth-order valence-electron chi connectivity index (χ4n) is 1.95. The van der Waals surface area contributed by atoms with Crippen LogP contribution in [0.2, 0.25) is 0 Å². The summed E-state index contributed by atoms with van der Waals surface area (Å²) < 4.78 is 13.9. The van der Waals surface area contributed by atoms with Gasteiger partial charge < -0.3 is 0 Å². The Kier molecular flexibility index (Phi) is 6.87. The first-order chi connectivity index (χ1) is 8.54. The Morgan fingerprint density at radius 1 is 1.28 bits per heavy atom. The van der Waals surface area contributed by atoms with Crippen molar-refractivity contribution in [2.45, 2.75) is 52.6 Å². The Balaban J connectivity index is 2.64. The molecular formula is C15H23BrFN. The van der Waals surface area contributed by atoms with E-state index in [9.17, 15) is 4.39 Å². The Labute approximate surface area is 119 Å². The summed E-state index contributed by atoms with van der Waals surface area (Å²) in [6.45, 7) is 8.63. The number of nitrogens with zero attached hydrogens (tertiary/aromatic N) is 1. The van der Waals surface area contributed by atoms with Crippen LogP contribution >= 0.6 is 15.9 Å². The minimum atomic E-state index is -0.187. The molecule has 1 aromatic rings. The van der Waals surface area contributed by atoms with Crippen LogP contribution in [0.4, 0.5) is 4.39 Å². The molecule has 0 fully saturated rings. The predicted molar refractivity (Wildman–Crippen MR) is 79.2 cm³/mol. The third-order valence-corrected chi connectivity index (χ3v) is 3.91. The zero-order valence-corrected chi connectivity index (χ0v) is 13.1. The molecule has 0 aliphatic carbocycles. The molecule has 0 N–H and O–H groups in total. The monoisotopic (exact) mass is 315 g/mol. The van der Waals surface area contributed by atoms with Crippen molar-refractivity contribution < 1.29 is 4.39 Å². The lowest BCUT2D eigenvalue weighted by atomic mass is 10.1. The van der Waals surface area contributed by atoms with Crippen molar-refractivity contribution in [1.82, 2.24) is 4.90 Å². The molecule has 0 heterocycles. The van der Waals surface area contributed by atoms with Gasteiger partial charge in [0, 0.05) is 17.1 Å². The molecule has 0 radical (unpaired) electrons. The van der Waals surface area contributed by atoms with Gasteiger partial charge in [0.25, 0.3) is 0 Å². The lowest BCUT2D eigenvalue weighted by Crippen LogP contribution is -2.31. The molecule has 0 aliphatic heterocycles. The largest absolute Gasteiger partial charge is 0.297 e. The maximum Gasteiger partial charge on any atom is 0.124 e. The van der Waals surface area contributed by atoms with E-state index in [1.165, 1.54) is 25.3 Å². The summed E-state index contributed by atoms with van der Waals surface area (Å²) in [5.74, 6) is -0.187. The van der Waals surface area contributed by atoms with E-state index in [-0.39, 0.29) is 5.82 Å². The van der Waals surface area contributed by atoms with Gasteiger partial charge in [-0.05, 0) is 44.5 Å². The van der Waals surface area contributed by atoms with Crippen molar-refractivity contribution in [2.75, 3.05) is 6.54 Å². The number of rotatable bonds is 7. The molecule has 0 aliphatic rings. The van der Waals surface area contributed by atoms with Crippen molar-refractivity contribution in [2.24, 2.45) is 0 Å². The second-order valence-electron chi connectivity index (χ2n) is 5.01. The fraction of sp³-hybridized carbons (Fsp3) is 0.600. The average molecular weight is 316 g/mol. The molecule has 0 bridgehead atoms. The van der Waals surface area contributed by atoms with Gasteiger partial charge in [-0.15, -0.1) is 0 Å². The summed E-state index contributed by atoms with van der Waals surface area (Å²) in [6.07, 6.45) is 3.74. The predicted octanol–water partition coefficient (Wildman–Crippen LogP) is 4.99. The van der Waals surface area contributed by atoms with Crippen LogP contribution in [0.15, 0.2) is 22.7 Å². The SMILES string of the molecule is CCCCCN(Cc1ccc(F)cc1Br)C(C)C. The topological polar surface area (TPSA) is 3.24 Å². The maximum atomic E-state index is 13.0. The van der Waals surface area contributed by atoms with Crippen LogP contribution in [-0.4, -0.2) is 17.5 Å². The van der Waals surface area contributed by atoms with Gasteiger partial charge in [-0.1, -0.05) is 41.8 Å². The van der Waals surface area contributed by atoms with Crippen LogP contribution in [0.3, 0.4) is 0 Å². The van der Waals surface area contributed by atoms with Crippen LogP contribution in [0.1, 0.15) is 45.6 Å². The van der Waals surface area contributed by atoms with E-state index in [0.29, 0.717) is 6.04 Å². The Hall–Kier alpha value is -0.410. The molecule has 0 aromatic heterocycles. The normalized spacial score (nSPS) is 11.5. The van der Waals surface area contributed by atoms with E-state index >= 15 is 0 Å². The molecule has 18 heavy (non-hydrogen) atoms. The van der Waals surface area contributed by atoms with Gasteiger partial charge in [-0.2, -0.15) is 0 Å². The van der Waals surface area contributed by atoms with Crippen LogP contribution in [0.5, 0.6) is 0 Å². The molecule has 3 heteroatoms. The Morgan fingerprint density at radius 2 is 2.00 bits per heavy atom. The van der Waals surface area contributed by atoms with Gasteiger partial charge in [-0.3, -0.25) is 4.90 Å². The van der Waals surface area contributed by atoms with E-state index in [2.05, 4.69) is 41.6 Å². The fourth-order valence-corrected chi connectivity index (χ4v) is 2.43. The standard InChI is InChI=1S/C15H23BrFN/c1-4-5-6-9-18(12(2)3)11-13-7-8-14(17)10-15(13)16/h7-8,10,12H,4-6,9,11H2,1-3H3.